The number of methoxy groups -OCH3 is 2. The van der Waals surface area contributed by atoms with Crippen LogP contribution in [-0.4, -0.2) is 56.5 Å². The van der Waals surface area contributed by atoms with Crippen LogP contribution in [0.4, 0.5) is 5.69 Å². The average molecular weight is 389 g/mol. The van der Waals surface area contributed by atoms with Gasteiger partial charge in [0.15, 0.2) is 0 Å². The largest absolute Gasteiger partial charge is 0.497 e. The topological polar surface area (TPSA) is 110 Å². The summed E-state index contributed by atoms with van der Waals surface area (Å²) in [5.41, 5.74) is 0.578. The van der Waals surface area contributed by atoms with Crippen LogP contribution in [0.25, 0.3) is 0 Å². The highest BCUT2D eigenvalue weighted by molar-refractivity contribution is 5.95. The summed E-state index contributed by atoms with van der Waals surface area (Å²) >= 11 is 0. The minimum Gasteiger partial charge on any atom is -0.497 e. The van der Waals surface area contributed by atoms with Crippen molar-refractivity contribution in [3.8, 4) is 5.75 Å². The molecule has 3 amide bonds. The molecule has 9 nitrogen and oxygen atoms in total. The molecule has 2 aromatic rings. The van der Waals surface area contributed by atoms with Crippen LogP contribution in [0, 0.1) is 0 Å². The number of carbonyl (C=O) groups is 3. The van der Waals surface area contributed by atoms with E-state index in [0.717, 1.165) is 0 Å². The Morgan fingerprint density at radius 2 is 1.82 bits per heavy atom. The summed E-state index contributed by atoms with van der Waals surface area (Å²) in [5.74, 6) is -0.0184. The molecule has 0 fully saturated rings. The maximum absolute atomic E-state index is 12.2. The zero-order valence-corrected chi connectivity index (χ0v) is 15.8. The number of rotatable bonds is 10. The van der Waals surface area contributed by atoms with Gasteiger partial charge in [-0.1, -0.05) is 0 Å². The fourth-order valence-corrected chi connectivity index (χ4v) is 2.33. The van der Waals surface area contributed by atoms with Gasteiger partial charge in [0, 0.05) is 12.8 Å². The Bertz CT molecular complexity index is 773. The summed E-state index contributed by atoms with van der Waals surface area (Å²) in [5, 5.41) is 5.15. The molecule has 0 unspecified atom stereocenters. The molecule has 2 N–H and O–H groups in total. The molecular weight excluding hydrogens is 366 g/mol. The lowest BCUT2D eigenvalue weighted by Crippen LogP contribution is -2.43. The molecule has 0 radical (unpaired) electrons. The highest BCUT2D eigenvalue weighted by Gasteiger charge is 2.19. The molecule has 1 heterocycles. The van der Waals surface area contributed by atoms with E-state index >= 15 is 0 Å². The zero-order valence-electron chi connectivity index (χ0n) is 15.8. The quantitative estimate of drug-likeness (QED) is 0.628. The van der Waals surface area contributed by atoms with Crippen LogP contribution in [-0.2, 0) is 25.7 Å². The monoisotopic (exact) mass is 389 g/mol. The molecule has 0 atom stereocenters. The Morgan fingerprint density at radius 3 is 2.43 bits per heavy atom. The van der Waals surface area contributed by atoms with Crippen LogP contribution in [0.5, 0.6) is 5.75 Å². The third kappa shape index (κ3) is 6.76. The lowest BCUT2D eigenvalue weighted by molar-refractivity contribution is -0.140. The summed E-state index contributed by atoms with van der Waals surface area (Å²) in [7, 11) is 2.95. The van der Waals surface area contributed by atoms with E-state index < -0.39 is 5.91 Å². The Labute approximate surface area is 162 Å². The number of nitrogens with zero attached hydrogens (tertiary/aromatic N) is 1. The number of furan rings is 1. The van der Waals surface area contributed by atoms with Crippen LogP contribution < -0.4 is 15.4 Å². The molecule has 2 rings (SSSR count). The molecule has 1 aromatic carbocycles. The summed E-state index contributed by atoms with van der Waals surface area (Å²) in [4.78, 5) is 37.6. The lowest BCUT2D eigenvalue weighted by atomic mass is 10.3. The minimum absolute atomic E-state index is 0.126. The lowest BCUT2D eigenvalue weighted by Gasteiger charge is -2.20. The Kier molecular flexibility index (Phi) is 8.04. The van der Waals surface area contributed by atoms with E-state index in [9.17, 15) is 14.4 Å². The van der Waals surface area contributed by atoms with Crippen LogP contribution in [0.2, 0.25) is 0 Å². The van der Waals surface area contributed by atoms with E-state index in [1.165, 1.54) is 18.3 Å². The van der Waals surface area contributed by atoms with E-state index in [0.29, 0.717) is 17.2 Å². The molecule has 0 aliphatic rings. The van der Waals surface area contributed by atoms with Gasteiger partial charge in [0.1, 0.15) is 24.7 Å². The molecule has 0 saturated heterocycles. The van der Waals surface area contributed by atoms with Gasteiger partial charge in [0.2, 0.25) is 17.7 Å². The van der Waals surface area contributed by atoms with Gasteiger partial charge in [-0.25, -0.2) is 0 Å². The predicted molar refractivity (Wildman–Crippen MR) is 101 cm³/mol. The van der Waals surface area contributed by atoms with E-state index in [1.807, 2.05) is 0 Å². The van der Waals surface area contributed by atoms with Crippen molar-refractivity contribution >= 4 is 23.4 Å². The van der Waals surface area contributed by atoms with Crippen molar-refractivity contribution in [2.45, 2.75) is 6.54 Å². The maximum atomic E-state index is 12.2. The van der Waals surface area contributed by atoms with Crippen LogP contribution in [0.15, 0.2) is 47.1 Å². The standard InChI is InChI=1S/C19H23N3O6/c1-26-13-19(25)22(11-16-4-3-9-28-16)12-18(24)20-10-17(23)21-14-5-7-15(27-2)8-6-14/h3-9H,10-13H2,1-2H3,(H,20,24)(H,21,23). The first kappa shape index (κ1) is 21.0. The average Bonchev–Trinajstić information content (AvgIpc) is 3.20. The third-order valence-corrected chi connectivity index (χ3v) is 3.70. The van der Waals surface area contributed by atoms with Gasteiger partial charge in [-0.15, -0.1) is 0 Å². The fraction of sp³-hybridized carbons (Fsp3) is 0.316. The number of carbonyl (C=O) groups excluding carboxylic acids is 3. The fourth-order valence-electron chi connectivity index (χ4n) is 2.33. The molecule has 150 valence electrons. The second-order valence-electron chi connectivity index (χ2n) is 5.82. The number of hydrogen-bond donors (Lipinski definition) is 2. The number of ether oxygens (including phenoxy) is 2. The number of benzene rings is 1. The van der Waals surface area contributed by atoms with Gasteiger partial charge < -0.3 is 29.4 Å². The van der Waals surface area contributed by atoms with Crippen LogP contribution >= 0.6 is 0 Å². The van der Waals surface area contributed by atoms with Crippen molar-refractivity contribution < 1.29 is 28.3 Å². The van der Waals surface area contributed by atoms with E-state index in [-0.39, 0.29) is 38.1 Å². The van der Waals surface area contributed by atoms with Crippen LogP contribution in [0.3, 0.4) is 0 Å². The second kappa shape index (κ2) is 10.7. The highest BCUT2D eigenvalue weighted by Crippen LogP contribution is 2.14. The number of amides is 3. The molecule has 0 spiro atoms. The van der Waals surface area contributed by atoms with Crippen molar-refractivity contribution in [3.05, 3.63) is 48.4 Å². The molecule has 28 heavy (non-hydrogen) atoms. The third-order valence-electron chi connectivity index (χ3n) is 3.70. The van der Waals surface area contributed by atoms with Crippen molar-refractivity contribution in [1.29, 1.82) is 0 Å². The van der Waals surface area contributed by atoms with Crippen LogP contribution in [0.1, 0.15) is 5.76 Å². The molecule has 0 bridgehead atoms. The molecule has 0 aliphatic heterocycles. The summed E-state index contributed by atoms with van der Waals surface area (Å²) in [6.07, 6.45) is 1.48. The van der Waals surface area contributed by atoms with Gasteiger partial charge in [0.25, 0.3) is 0 Å². The first-order chi connectivity index (χ1) is 13.5. The van der Waals surface area contributed by atoms with Crippen molar-refractivity contribution in [3.63, 3.8) is 0 Å². The summed E-state index contributed by atoms with van der Waals surface area (Å²) in [6.45, 7) is -0.483. The molecule has 1 aromatic heterocycles. The SMILES string of the molecule is COCC(=O)N(CC(=O)NCC(=O)Nc1ccc(OC)cc1)Cc1ccco1. The maximum Gasteiger partial charge on any atom is 0.249 e. The number of hydrogen-bond acceptors (Lipinski definition) is 6. The summed E-state index contributed by atoms with van der Waals surface area (Å²) < 4.78 is 15.1. The van der Waals surface area contributed by atoms with Gasteiger partial charge in [-0.3, -0.25) is 14.4 Å². The van der Waals surface area contributed by atoms with Gasteiger partial charge >= 0.3 is 0 Å². The first-order valence-corrected chi connectivity index (χ1v) is 8.51. The summed E-state index contributed by atoms with van der Waals surface area (Å²) in [6, 6.07) is 10.2. The Balaban J connectivity index is 1.83. The normalized spacial score (nSPS) is 10.2. The molecule has 0 aliphatic carbocycles. The number of anilines is 1. The molecular formula is C19H23N3O6. The van der Waals surface area contributed by atoms with E-state index in [2.05, 4.69) is 10.6 Å². The minimum atomic E-state index is -0.471. The predicted octanol–water partition coefficient (Wildman–Crippen LogP) is 1.02. The molecule has 0 saturated carbocycles. The smallest absolute Gasteiger partial charge is 0.249 e. The Morgan fingerprint density at radius 1 is 1.07 bits per heavy atom. The van der Waals surface area contributed by atoms with E-state index in [4.69, 9.17) is 13.9 Å². The zero-order chi connectivity index (χ0) is 20.4. The van der Waals surface area contributed by atoms with Crippen molar-refractivity contribution in [1.82, 2.24) is 10.2 Å². The highest BCUT2D eigenvalue weighted by atomic mass is 16.5. The van der Waals surface area contributed by atoms with E-state index in [1.54, 1.807) is 43.5 Å². The number of nitrogens with one attached hydrogen (secondary N) is 2. The van der Waals surface area contributed by atoms with Crippen molar-refractivity contribution in [2.75, 3.05) is 39.2 Å². The van der Waals surface area contributed by atoms with Gasteiger partial charge in [-0.05, 0) is 36.4 Å². The van der Waals surface area contributed by atoms with Gasteiger partial charge in [0.05, 0.1) is 26.5 Å². The van der Waals surface area contributed by atoms with Gasteiger partial charge in [-0.2, -0.15) is 0 Å². The second-order valence-corrected chi connectivity index (χ2v) is 5.82. The Hall–Kier alpha value is -3.33. The molecule has 9 heteroatoms. The first-order valence-electron chi connectivity index (χ1n) is 8.51. The van der Waals surface area contributed by atoms with Crippen molar-refractivity contribution in [2.24, 2.45) is 0 Å².